The number of hydrogen-bond acceptors (Lipinski definition) is 5. The van der Waals surface area contributed by atoms with Crippen LogP contribution >= 0.6 is 24.2 Å². The molecule has 1 atom stereocenters. The van der Waals surface area contributed by atoms with E-state index in [4.69, 9.17) is 21.1 Å². The number of benzene rings is 1. The van der Waals surface area contributed by atoms with Gasteiger partial charge in [-0.05, 0) is 44.4 Å². The van der Waals surface area contributed by atoms with Crippen molar-refractivity contribution in [3.63, 3.8) is 0 Å². The van der Waals surface area contributed by atoms with Gasteiger partial charge in [0.15, 0.2) is 10.8 Å². The van der Waals surface area contributed by atoms with Crippen LogP contribution in [-0.4, -0.2) is 21.6 Å². The van der Waals surface area contributed by atoms with Crippen LogP contribution in [0.25, 0.3) is 0 Å². The van der Waals surface area contributed by atoms with Crippen LogP contribution in [-0.2, 0) is 12.1 Å². The van der Waals surface area contributed by atoms with Gasteiger partial charge in [0, 0.05) is 5.25 Å². The molecule has 5 nitrogen and oxygen atoms in total. The molecule has 0 aliphatic heterocycles. The third kappa shape index (κ3) is 5.91. The molecule has 0 fully saturated rings. The molecule has 2 rings (SSSR count). The zero-order valence-electron chi connectivity index (χ0n) is 16.4. The zero-order valence-corrected chi connectivity index (χ0v) is 18.1. The lowest BCUT2D eigenvalue weighted by atomic mass is 10.1. The highest BCUT2D eigenvalue weighted by molar-refractivity contribution is 7.81. The van der Waals surface area contributed by atoms with Crippen molar-refractivity contribution in [1.29, 1.82) is 0 Å². The topological polar surface area (TPSA) is 53.4 Å². The molecule has 148 valence electrons. The number of aromatic nitrogens is 2. The monoisotopic (exact) mass is 410 g/mol. The van der Waals surface area contributed by atoms with Gasteiger partial charge in [0.1, 0.15) is 19.0 Å². The first-order chi connectivity index (χ1) is 12.6. The number of hydrogen-bond donors (Lipinski definition) is 1. The van der Waals surface area contributed by atoms with E-state index in [1.807, 2.05) is 45.0 Å². The average molecular weight is 411 g/mol. The first kappa shape index (κ1) is 21.6. The number of nitrogens with zero attached hydrogens (tertiary/aromatic N) is 2. The molecule has 0 saturated heterocycles. The maximum atomic E-state index is 12.3. The van der Waals surface area contributed by atoms with Crippen LogP contribution in [0.15, 0.2) is 35.3 Å². The summed E-state index contributed by atoms with van der Waals surface area (Å²) in [5.74, 6) is 1.51. The third-order valence-electron chi connectivity index (χ3n) is 4.03. The SMILES string of the molecule is CC(C)C(S)COc1ccc(COc2cnn(C(C)(C)C)c(=O)c2Cl)cc1. The van der Waals surface area contributed by atoms with E-state index in [1.54, 1.807) is 0 Å². The Kier molecular flexibility index (Phi) is 7.23. The Morgan fingerprint density at radius 3 is 2.37 bits per heavy atom. The normalized spacial score (nSPS) is 12.9. The van der Waals surface area contributed by atoms with Gasteiger partial charge >= 0.3 is 0 Å². The Morgan fingerprint density at radius 2 is 1.81 bits per heavy atom. The largest absolute Gasteiger partial charge is 0.492 e. The standard InChI is InChI=1S/C20H27ClN2O3S/c1-13(2)17(27)12-25-15-8-6-14(7-9-15)11-26-16-10-22-23(20(3,4)5)19(24)18(16)21/h6-10,13,17,27H,11-12H2,1-5H3. The van der Waals surface area contributed by atoms with Crippen molar-refractivity contribution < 1.29 is 9.47 Å². The molecule has 27 heavy (non-hydrogen) atoms. The molecule has 1 aromatic carbocycles. The summed E-state index contributed by atoms with van der Waals surface area (Å²) >= 11 is 10.7. The van der Waals surface area contributed by atoms with Gasteiger partial charge in [-0.2, -0.15) is 17.7 Å². The highest BCUT2D eigenvalue weighted by atomic mass is 35.5. The van der Waals surface area contributed by atoms with E-state index in [1.165, 1.54) is 10.9 Å². The second-order valence-corrected chi connectivity index (χ2v) is 8.81. The Bertz CT molecular complexity index is 813. The van der Waals surface area contributed by atoms with Crippen LogP contribution in [0.5, 0.6) is 11.5 Å². The predicted molar refractivity (Wildman–Crippen MR) is 112 cm³/mol. The third-order valence-corrected chi connectivity index (χ3v) is 5.12. The van der Waals surface area contributed by atoms with E-state index in [9.17, 15) is 4.79 Å². The maximum Gasteiger partial charge on any atom is 0.289 e. The number of halogens is 1. The molecule has 2 aromatic rings. The van der Waals surface area contributed by atoms with Gasteiger partial charge in [0.25, 0.3) is 5.56 Å². The average Bonchev–Trinajstić information content (AvgIpc) is 2.60. The number of ether oxygens (including phenoxy) is 2. The summed E-state index contributed by atoms with van der Waals surface area (Å²) in [6.07, 6.45) is 1.48. The molecule has 1 unspecified atom stereocenters. The van der Waals surface area contributed by atoms with Crippen molar-refractivity contribution in [3.05, 3.63) is 51.4 Å². The highest BCUT2D eigenvalue weighted by Crippen LogP contribution is 2.22. The minimum Gasteiger partial charge on any atom is -0.492 e. The van der Waals surface area contributed by atoms with Gasteiger partial charge in [-0.1, -0.05) is 37.6 Å². The second-order valence-electron chi connectivity index (χ2n) is 7.77. The smallest absolute Gasteiger partial charge is 0.289 e. The zero-order chi connectivity index (χ0) is 20.2. The summed E-state index contributed by atoms with van der Waals surface area (Å²) < 4.78 is 12.8. The van der Waals surface area contributed by atoms with Gasteiger partial charge in [0.2, 0.25) is 0 Å². The van der Waals surface area contributed by atoms with E-state index in [0.717, 1.165) is 11.3 Å². The van der Waals surface area contributed by atoms with Gasteiger partial charge in [-0.25, -0.2) is 4.68 Å². The molecule has 0 aliphatic rings. The first-order valence-electron chi connectivity index (χ1n) is 8.90. The summed E-state index contributed by atoms with van der Waals surface area (Å²) in [6, 6.07) is 7.60. The first-order valence-corrected chi connectivity index (χ1v) is 9.80. The Hall–Kier alpha value is -1.66. The fourth-order valence-corrected chi connectivity index (χ4v) is 2.47. The molecule has 0 bridgehead atoms. The summed E-state index contributed by atoms with van der Waals surface area (Å²) in [6.45, 7) is 10.7. The van der Waals surface area contributed by atoms with E-state index in [0.29, 0.717) is 12.5 Å². The van der Waals surface area contributed by atoms with Gasteiger partial charge < -0.3 is 9.47 Å². The number of rotatable bonds is 7. The molecule has 0 amide bonds. The van der Waals surface area contributed by atoms with Crippen LogP contribution in [0.4, 0.5) is 0 Å². The molecular formula is C20H27ClN2O3S. The summed E-state index contributed by atoms with van der Waals surface area (Å²) in [5.41, 5.74) is 0.123. The van der Waals surface area contributed by atoms with Gasteiger partial charge in [-0.3, -0.25) is 4.79 Å². The molecule has 0 N–H and O–H groups in total. The molecule has 0 spiro atoms. The van der Waals surface area contributed by atoms with Crippen molar-refractivity contribution in [3.8, 4) is 11.5 Å². The Morgan fingerprint density at radius 1 is 1.19 bits per heavy atom. The Balaban J connectivity index is 1.99. The maximum absolute atomic E-state index is 12.3. The minimum absolute atomic E-state index is 0.0355. The van der Waals surface area contributed by atoms with E-state index < -0.39 is 5.54 Å². The second kappa shape index (κ2) is 9.02. The Labute approximate surface area is 171 Å². The molecule has 7 heteroatoms. The van der Waals surface area contributed by atoms with Crippen LogP contribution in [0, 0.1) is 5.92 Å². The fourth-order valence-electron chi connectivity index (χ4n) is 2.21. The van der Waals surface area contributed by atoms with Crippen molar-refractivity contribution in [1.82, 2.24) is 9.78 Å². The summed E-state index contributed by atoms with van der Waals surface area (Å²) in [7, 11) is 0. The molecule has 1 aromatic heterocycles. The molecule has 0 saturated carbocycles. The van der Waals surface area contributed by atoms with Crippen molar-refractivity contribution in [2.75, 3.05) is 6.61 Å². The van der Waals surface area contributed by atoms with Crippen molar-refractivity contribution in [2.45, 2.75) is 52.0 Å². The van der Waals surface area contributed by atoms with Crippen molar-refractivity contribution >= 4 is 24.2 Å². The van der Waals surface area contributed by atoms with E-state index >= 15 is 0 Å². The molecule has 0 radical (unpaired) electrons. The van der Waals surface area contributed by atoms with Gasteiger partial charge in [0.05, 0.1) is 11.7 Å². The van der Waals surface area contributed by atoms with E-state index in [2.05, 4.69) is 31.6 Å². The van der Waals surface area contributed by atoms with Crippen LogP contribution in [0.3, 0.4) is 0 Å². The molecular weight excluding hydrogens is 384 g/mol. The fraction of sp³-hybridized carbons (Fsp3) is 0.500. The van der Waals surface area contributed by atoms with Crippen molar-refractivity contribution in [2.24, 2.45) is 5.92 Å². The quantitative estimate of drug-likeness (QED) is 0.679. The van der Waals surface area contributed by atoms with Crippen LogP contribution in [0.2, 0.25) is 5.02 Å². The number of thiol groups is 1. The van der Waals surface area contributed by atoms with Crippen LogP contribution < -0.4 is 15.0 Å². The highest BCUT2D eigenvalue weighted by Gasteiger charge is 2.20. The van der Waals surface area contributed by atoms with Crippen LogP contribution in [0.1, 0.15) is 40.2 Å². The minimum atomic E-state index is -0.448. The molecule has 1 heterocycles. The lowest BCUT2D eigenvalue weighted by Gasteiger charge is -2.21. The van der Waals surface area contributed by atoms with Gasteiger partial charge in [-0.15, -0.1) is 0 Å². The van der Waals surface area contributed by atoms with E-state index in [-0.39, 0.29) is 28.2 Å². The molecule has 0 aliphatic carbocycles. The lowest BCUT2D eigenvalue weighted by Crippen LogP contribution is -2.36. The predicted octanol–water partition coefficient (Wildman–Crippen LogP) is 4.56. The summed E-state index contributed by atoms with van der Waals surface area (Å²) in [4.78, 5) is 12.3. The lowest BCUT2D eigenvalue weighted by molar-refractivity contribution is 0.290. The summed E-state index contributed by atoms with van der Waals surface area (Å²) in [5, 5.41) is 4.39.